The van der Waals surface area contributed by atoms with Crippen LogP contribution in [0.1, 0.15) is 51.5 Å². The van der Waals surface area contributed by atoms with Gasteiger partial charge in [-0.2, -0.15) is 11.8 Å². The third-order valence-electron chi connectivity index (χ3n) is 5.30. The summed E-state index contributed by atoms with van der Waals surface area (Å²) in [6, 6.07) is 10.1. The summed E-state index contributed by atoms with van der Waals surface area (Å²) in [6.07, 6.45) is 9.82. The van der Waals surface area contributed by atoms with E-state index in [1.165, 1.54) is 0 Å². The molecular formula is C22H29NO3S. The number of allylic oxidation sites excluding steroid dienone is 2. The highest BCUT2D eigenvalue weighted by Crippen LogP contribution is 2.37. The number of rotatable bonds is 11. The molecule has 0 radical (unpaired) electrons. The topological polar surface area (TPSA) is 60.2 Å². The Balaban J connectivity index is 2.14. The smallest absolute Gasteiger partial charge is 0.265 e. The fourth-order valence-corrected chi connectivity index (χ4v) is 4.89. The molecule has 0 saturated carbocycles. The Labute approximate surface area is 166 Å². The van der Waals surface area contributed by atoms with Gasteiger partial charge in [-0.05, 0) is 42.9 Å². The third kappa shape index (κ3) is 6.06. The summed E-state index contributed by atoms with van der Waals surface area (Å²) in [5.41, 5.74) is 2.13. The van der Waals surface area contributed by atoms with Crippen molar-refractivity contribution in [2.75, 3.05) is 5.75 Å². The number of nitro groups is 1. The summed E-state index contributed by atoms with van der Waals surface area (Å²) in [5.74, 6) is 0.769. The van der Waals surface area contributed by atoms with Crippen molar-refractivity contribution in [3.63, 3.8) is 0 Å². The molecule has 1 aromatic rings. The second-order valence-electron chi connectivity index (χ2n) is 7.24. The van der Waals surface area contributed by atoms with Crippen molar-refractivity contribution in [2.24, 2.45) is 5.41 Å². The Morgan fingerprint density at radius 1 is 1.30 bits per heavy atom. The highest BCUT2D eigenvalue weighted by atomic mass is 32.2. The van der Waals surface area contributed by atoms with E-state index in [0.29, 0.717) is 12.8 Å². The van der Waals surface area contributed by atoms with Gasteiger partial charge in [0.15, 0.2) is 0 Å². The largest absolute Gasteiger partial charge is 0.303 e. The summed E-state index contributed by atoms with van der Waals surface area (Å²) < 4.78 is 0. The lowest BCUT2D eigenvalue weighted by Gasteiger charge is -2.30. The molecule has 27 heavy (non-hydrogen) atoms. The monoisotopic (exact) mass is 387 g/mol. The second kappa shape index (κ2) is 10.5. The van der Waals surface area contributed by atoms with Crippen molar-refractivity contribution in [3.05, 3.63) is 69.4 Å². The van der Waals surface area contributed by atoms with E-state index in [4.69, 9.17) is 0 Å². The van der Waals surface area contributed by atoms with Gasteiger partial charge in [-0.15, -0.1) is 0 Å². The van der Waals surface area contributed by atoms with Crippen LogP contribution >= 0.6 is 11.8 Å². The van der Waals surface area contributed by atoms with Gasteiger partial charge in [0.25, 0.3) is 5.70 Å². The number of aldehydes is 1. The summed E-state index contributed by atoms with van der Waals surface area (Å²) in [7, 11) is 0. The van der Waals surface area contributed by atoms with Gasteiger partial charge in [-0.1, -0.05) is 57.0 Å². The number of benzene rings is 1. The van der Waals surface area contributed by atoms with Crippen molar-refractivity contribution in [2.45, 2.75) is 57.6 Å². The van der Waals surface area contributed by atoms with Gasteiger partial charge in [0.05, 0.1) is 4.92 Å². The van der Waals surface area contributed by atoms with E-state index in [0.717, 1.165) is 48.9 Å². The Hall–Kier alpha value is -1.88. The predicted molar refractivity (Wildman–Crippen MR) is 112 cm³/mol. The van der Waals surface area contributed by atoms with Crippen LogP contribution in [0.5, 0.6) is 0 Å². The molecule has 4 nitrogen and oxygen atoms in total. The standard InChI is InChI=1S/C22H29NO3S/c1-3-5-13-22(4-2,16-24)17-27-21-12-11-20(23(25)26)15-19(21)14-18-9-7-6-8-10-18/h6-11,15-16,21H,3-5,12-14,17H2,1-2H3. The lowest BCUT2D eigenvalue weighted by Crippen LogP contribution is -2.27. The number of nitrogens with zero attached hydrogens (tertiary/aromatic N) is 1. The summed E-state index contributed by atoms with van der Waals surface area (Å²) in [4.78, 5) is 22.7. The fraction of sp³-hybridized carbons (Fsp3) is 0.500. The average Bonchev–Trinajstić information content (AvgIpc) is 2.70. The Kier molecular flexibility index (Phi) is 8.29. The van der Waals surface area contributed by atoms with E-state index in [1.807, 2.05) is 18.2 Å². The summed E-state index contributed by atoms with van der Waals surface area (Å²) >= 11 is 1.78. The zero-order valence-corrected chi connectivity index (χ0v) is 17.0. The zero-order valence-electron chi connectivity index (χ0n) is 16.2. The van der Waals surface area contributed by atoms with Crippen molar-refractivity contribution >= 4 is 18.0 Å². The maximum atomic E-state index is 11.8. The van der Waals surface area contributed by atoms with Crippen molar-refractivity contribution in [3.8, 4) is 0 Å². The lowest BCUT2D eigenvalue weighted by molar-refractivity contribution is -0.419. The third-order valence-corrected chi connectivity index (χ3v) is 6.94. The molecule has 0 aliphatic heterocycles. The van der Waals surface area contributed by atoms with E-state index >= 15 is 0 Å². The number of hydrogen-bond acceptors (Lipinski definition) is 4. The molecule has 0 heterocycles. The van der Waals surface area contributed by atoms with E-state index in [-0.39, 0.29) is 21.3 Å². The molecule has 1 aromatic carbocycles. The molecule has 0 saturated heterocycles. The lowest BCUT2D eigenvalue weighted by atomic mass is 9.84. The molecule has 2 atom stereocenters. The molecule has 0 amide bonds. The number of thioether (sulfide) groups is 1. The molecule has 1 aliphatic carbocycles. The van der Waals surface area contributed by atoms with Crippen LogP contribution in [-0.4, -0.2) is 22.2 Å². The number of hydrogen-bond donors (Lipinski definition) is 0. The minimum atomic E-state index is -0.311. The van der Waals surface area contributed by atoms with Gasteiger partial charge in [-0.3, -0.25) is 10.1 Å². The van der Waals surface area contributed by atoms with Gasteiger partial charge in [0.1, 0.15) is 6.29 Å². The summed E-state index contributed by atoms with van der Waals surface area (Å²) in [6.45, 7) is 4.22. The van der Waals surface area contributed by atoms with Crippen molar-refractivity contribution in [1.29, 1.82) is 0 Å². The van der Waals surface area contributed by atoms with Crippen LogP contribution in [0, 0.1) is 15.5 Å². The second-order valence-corrected chi connectivity index (χ2v) is 8.43. The first-order chi connectivity index (χ1) is 13.0. The fourth-order valence-electron chi connectivity index (χ4n) is 3.34. The normalized spacial score (nSPS) is 19.0. The predicted octanol–water partition coefficient (Wildman–Crippen LogP) is 5.61. The zero-order chi connectivity index (χ0) is 19.7. The highest BCUT2D eigenvalue weighted by Gasteiger charge is 2.30. The number of carbonyl (C=O) groups is 1. The van der Waals surface area contributed by atoms with Crippen LogP contribution in [0.2, 0.25) is 0 Å². The molecule has 0 aromatic heterocycles. The quantitative estimate of drug-likeness (QED) is 0.281. The number of carbonyl (C=O) groups excluding carboxylic acids is 1. The van der Waals surface area contributed by atoms with Crippen molar-refractivity contribution < 1.29 is 9.72 Å². The SMILES string of the molecule is CCCCC(C=O)(CC)CSC1CC=C([N+](=O)[O-])C=C1Cc1ccccc1. The maximum Gasteiger partial charge on any atom is 0.265 e. The van der Waals surface area contributed by atoms with Crippen LogP contribution in [0.15, 0.2) is 53.8 Å². The molecule has 2 unspecified atom stereocenters. The van der Waals surface area contributed by atoms with Gasteiger partial charge < -0.3 is 4.79 Å². The van der Waals surface area contributed by atoms with Crippen molar-refractivity contribution in [1.82, 2.24) is 0 Å². The van der Waals surface area contributed by atoms with E-state index < -0.39 is 0 Å². The van der Waals surface area contributed by atoms with Gasteiger partial charge in [0, 0.05) is 22.5 Å². The molecule has 0 fully saturated rings. The minimum Gasteiger partial charge on any atom is -0.303 e. The van der Waals surface area contributed by atoms with Crippen LogP contribution in [0.3, 0.4) is 0 Å². The first-order valence-corrected chi connectivity index (χ1v) is 10.8. The molecule has 0 spiro atoms. The first-order valence-electron chi connectivity index (χ1n) is 9.70. The Bertz CT molecular complexity index is 699. The molecule has 0 bridgehead atoms. The Morgan fingerprint density at radius 2 is 2.04 bits per heavy atom. The minimum absolute atomic E-state index is 0.181. The Morgan fingerprint density at radius 3 is 2.63 bits per heavy atom. The molecular weight excluding hydrogens is 358 g/mol. The molecule has 0 N–H and O–H groups in total. The average molecular weight is 388 g/mol. The molecule has 1 aliphatic rings. The van der Waals surface area contributed by atoms with E-state index in [1.54, 1.807) is 23.9 Å². The van der Waals surface area contributed by atoms with Gasteiger partial charge in [0.2, 0.25) is 0 Å². The summed E-state index contributed by atoms with van der Waals surface area (Å²) in [5, 5.41) is 11.4. The molecule has 5 heteroatoms. The number of unbranched alkanes of at least 4 members (excludes halogenated alkanes) is 1. The molecule has 146 valence electrons. The van der Waals surface area contributed by atoms with E-state index in [9.17, 15) is 14.9 Å². The van der Waals surface area contributed by atoms with Gasteiger partial charge >= 0.3 is 0 Å². The van der Waals surface area contributed by atoms with Gasteiger partial charge in [-0.25, -0.2) is 0 Å². The first kappa shape index (κ1) is 21.4. The highest BCUT2D eigenvalue weighted by molar-refractivity contribution is 8.00. The van der Waals surface area contributed by atoms with Crippen LogP contribution in [-0.2, 0) is 11.2 Å². The van der Waals surface area contributed by atoms with E-state index in [2.05, 4.69) is 26.0 Å². The maximum absolute atomic E-state index is 11.8. The molecule has 2 rings (SSSR count). The van der Waals surface area contributed by atoms with Crippen LogP contribution in [0.25, 0.3) is 0 Å². The van der Waals surface area contributed by atoms with Crippen LogP contribution < -0.4 is 0 Å². The van der Waals surface area contributed by atoms with Crippen LogP contribution in [0.4, 0.5) is 0 Å².